The first kappa shape index (κ1) is 27.6. The number of nitrogens with one attached hydrogen (secondary N) is 1. The quantitative estimate of drug-likeness (QED) is 0.195. The number of thiazole rings is 1. The third kappa shape index (κ3) is 8.31. The summed E-state index contributed by atoms with van der Waals surface area (Å²) in [6, 6.07) is 27.8. The number of hydrogen-bond acceptors (Lipinski definition) is 5. The van der Waals surface area contributed by atoms with Crippen molar-refractivity contribution in [1.82, 2.24) is 15.2 Å². The molecule has 1 N–H and O–H groups in total. The van der Waals surface area contributed by atoms with Gasteiger partial charge in [0.15, 0.2) is 0 Å². The summed E-state index contributed by atoms with van der Waals surface area (Å²) in [6.45, 7) is 3.23. The Morgan fingerprint density at radius 2 is 1.63 bits per heavy atom. The van der Waals surface area contributed by atoms with Crippen LogP contribution in [0, 0.1) is 5.82 Å². The van der Waals surface area contributed by atoms with Crippen LogP contribution in [0.5, 0.6) is 0 Å². The fraction of sp³-hybridized carbons (Fsp3) is 0.290. The van der Waals surface area contributed by atoms with E-state index < -0.39 is 0 Å². The van der Waals surface area contributed by atoms with Gasteiger partial charge in [0.25, 0.3) is 5.91 Å². The molecular formula is C31H34FN3O2S. The number of aromatic nitrogens is 1. The van der Waals surface area contributed by atoms with Gasteiger partial charge in [-0.25, -0.2) is 9.37 Å². The second kappa shape index (κ2) is 14.5. The Morgan fingerprint density at radius 3 is 2.26 bits per heavy atom. The van der Waals surface area contributed by atoms with Crippen LogP contribution in [0.3, 0.4) is 0 Å². The summed E-state index contributed by atoms with van der Waals surface area (Å²) >= 11 is 1.49. The number of benzene rings is 3. The number of amides is 1. The Labute approximate surface area is 228 Å². The highest BCUT2D eigenvalue weighted by molar-refractivity contribution is 7.09. The molecule has 0 aliphatic carbocycles. The van der Waals surface area contributed by atoms with Crippen LogP contribution in [-0.2, 0) is 17.8 Å². The maximum Gasteiger partial charge on any atom is 0.270 e. The van der Waals surface area contributed by atoms with Gasteiger partial charge in [0.2, 0.25) is 0 Å². The van der Waals surface area contributed by atoms with Gasteiger partial charge in [0, 0.05) is 38.1 Å². The van der Waals surface area contributed by atoms with Crippen molar-refractivity contribution >= 4 is 17.2 Å². The third-order valence-corrected chi connectivity index (χ3v) is 7.24. The molecule has 3 aromatic carbocycles. The molecule has 38 heavy (non-hydrogen) atoms. The van der Waals surface area contributed by atoms with Crippen molar-refractivity contribution in [3.63, 3.8) is 0 Å². The first-order chi connectivity index (χ1) is 18.6. The molecule has 7 heteroatoms. The van der Waals surface area contributed by atoms with Crippen molar-refractivity contribution < 1.29 is 13.9 Å². The molecule has 0 spiro atoms. The van der Waals surface area contributed by atoms with Crippen LogP contribution in [0.15, 0.2) is 90.3 Å². The maximum atomic E-state index is 13.5. The lowest BCUT2D eigenvalue weighted by Gasteiger charge is -2.25. The van der Waals surface area contributed by atoms with E-state index in [9.17, 15) is 9.18 Å². The molecule has 5 nitrogen and oxygen atoms in total. The minimum Gasteiger partial charge on any atom is -0.385 e. The maximum absolute atomic E-state index is 13.5. The van der Waals surface area contributed by atoms with Crippen molar-refractivity contribution in [2.45, 2.75) is 31.8 Å². The molecule has 1 heterocycles. The van der Waals surface area contributed by atoms with E-state index in [0.29, 0.717) is 31.9 Å². The van der Waals surface area contributed by atoms with E-state index in [1.165, 1.54) is 34.6 Å². The predicted octanol–water partition coefficient (Wildman–Crippen LogP) is 6.27. The molecule has 0 radical (unpaired) electrons. The average molecular weight is 532 g/mol. The number of carbonyl (C=O) groups excluding carboxylic acids is 1. The van der Waals surface area contributed by atoms with E-state index in [2.05, 4.69) is 63.7 Å². The van der Waals surface area contributed by atoms with Crippen LogP contribution in [0.4, 0.5) is 4.39 Å². The number of hydrogen-bond donors (Lipinski definition) is 1. The predicted molar refractivity (Wildman–Crippen MR) is 151 cm³/mol. The lowest BCUT2D eigenvalue weighted by atomic mass is 9.88. The second-order valence-electron chi connectivity index (χ2n) is 9.23. The van der Waals surface area contributed by atoms with Crippen molar-refractivity contribution in [3.05, 3.63) is 124 Å². The Hall–Kier alpha value is -3.39. The molecule has 0 fully saturated rings. The number of halogens is 1. The summed E-state index contributed by atoms with van der Waals surface area (Å²) in [5.41, 5.74) is 4.04. The highest BCUT2D eigenvalue weighted by atomic mass is 32.1. The van der Waals surface area contributed by atoms with Crippen LogP contribution < -0.4 is 5.32 Å². The van der Waals surface area contributed by atoms with E-state index >= 15 is 0 Å². The summed E-state index contributed by atoms with van der Waals surface area (Å²) in [5.74, 6) is -0.158. The summed E-state index contributed by atoms with van der Waals surface area (Å²) in [4.78, 5) is 19.4. The van der Waals surface area contributed by atoms with E-state index in [0.717, 1.165) is 30.0 Å². The smallest absolute Gasteiger partial charge is 0.270 e. The molecule has 0 aliphatic rings. The van der Waals surface area contributed by atoms with Gasteiger partial charge in [-0.2, -0.15) is 0 Å². The number of nitrogens with zero attached hydrogens (tertiary/aromatic N) is 2. The van der Waals surface area contributed by atoms with Crippen LogP contribution in [-0.4, -0.2) is 42.6 Å². The van der Waals surface area contributed by atoms with Crippen LogP contribution in [0.1, 0.15) is 50.9 Å². The minimum atomic E-state index is -0.241. The Morgan fingerprint density at radius 1 is 0.974 bits per heavy atom. The van der Waals surface area contributed by atoms with E-state index in [4.69, 9.17) is 4.74 Å². The van der Waals surface area contributed by atoms with Crippen LogP contribution in [0.2, 0.25) is 0 Å². The summed E-state index contributed by atoms with van der Waals surface area (Å²) in [7, 11) is 1.65. The normalized spacial score (nSPS) is 11.3. The zero-order valence-corrected chi connectivity index (χ0v) is 22.5. The Balaban J connectivity index is 1.48. The van der Waals surface area contributed by atoms with Gasteiger partial charge in [0.05, 0.1) is 6.54 Å². The van der Waals surface area contributed by atoms with Gasteiger partial charge in [-0.1, -0.05) is 72.8 Å². The van der Waals surface area contributed by atoms with Crippen molar-refractivity contribution in [1.29, 1.82) is 0 Å². The molecule has 0 aliphatic heterocycles. The fourth-order valence-electron chi connectivity index (χ4n) is 4.46. The lowest BCUT2D eigenvalue weighted by Crippen LogP contribution is -2.27. The highest BCUT2D eigenvalue weighted by Gasteiger charge is 2.18. The van der Waals surface area contributed by atoms with Crippen molar-refractivity contribution in [2.75, 3.05) is 26.8 Å². The molecule has 1 amide bonds. The molecule has 0 atom stereocenters. The van der Waals surface area contributed by atoms with Gasteiger partial charge in [-0.15, -0.1) is 11.3 Å². The third-order valence-electron chi connectivity index (χ3n) is 6.41. The Kier molecular flexibility index (Phi) is 10.6. The number of ether oxygens (including phenoxy) is 1. The second-order valence-corrected chi connectivity index (χ2v) is 10.2. The SMILES string of the molecule is COCCCNC(=O)c1csc(CN(CCC(c2ccccc2)c2ccccc2)Cc2ccc(F)cc2)n1. The standard InChI is InChI=1S/C31H34FN3O2S/c1-37-20-8-18-33-31(36)29-23-38-30(34-29)22-35(21-24-13-15-27(32)16-14-24)19-17-28(25-9-4-2-5-10-25)26-11-6-3-7-12-26/h2-7,9-16,23,28H,8,17-22H2,1H3,(H,33,36). The number of rotatable bonds is 14. The minimum absolute atomic E-state index is 0.165. The molecule has 0 unspecified atom stereocenters. The summed E-state index contributed by atoms with van der Waals surface area (Å²) < 4.78 is 18.6. The summed E-state index contributed by atoms with van der Waals surface area (Å²) in [5, 5.41) is 5.59. The van der Waals surface area contributed by atoms with Gasteiger partial charge < -0.3 is 10.1 Å². The van der Waals surface area contributed by atoms with Gasteiger partial charge in [-0.05, 0) is 48.2 Å². The fourth-order valence-corrected chi connectivity index (χ4v) is 5.27. The average Bonchev–Trinajstić information content (AvgIpc) is 3.42. The lowest BCUT2D eigenvalue weighted by molar-refractivity contribution is 0.0944. The molecule has 0 saturated carbocycles. The van der Waals surface area contributed by atoms with Gasteiger partial charge >= 0.3 is 0 Å². The van der Waals surface area contributed by atoms with Crippen molar-refractivity contribution in [2.24, 2.45) is 0 Å². The molecule has 1 aromatic heterocycles. The van der Waals surface area contributed by atoms with E-state index in [1.807, 2.05) is 29.6 Å². The zero-order chi connectivity index (χ0) is 26.6. The van der Waals surface area contributed by atoms with E-state index in [1.54, 1.807) is 7.11 Å². The molecule has 4 aromatic rings. The highest BCUT2D eigenvalue weighted by Crippen LogP contribution is 2.29. The molecule has 0 bridgehead atoms. The van der Waals surface area contributed by atoms with Crippen LogP contribution in [0.25, 0.3) is 0 Å². The first-order valence-corrected chi connectivity index (χ1v) is 13.8. The number of carbonyl (C=O) groups is 1. The molecule has 4 rings (SSSR count). The monoisotopic (exact) mass is 531 g/mol. The Bertz CT molecular complexity index is 1210. The van der Waals surface area contributed by atoms with E-state index in [-0.39, 0.29) is 17.6 Å². The van der Waals surface area contributed by atoms with Crippen LogP contribution >= 0.6 is 11.3 Å². The largest absolute Gasteiger partial charge is 0.385 e. The molecule has 198 valence electrons. The topological polar surface area (TPSA) is 54.5 Å². The molecular weight excluding hydrogens is 497 g/mol. The zero-order valence-electron chi connectivity index (χ0n) is 21.7. The van der Waals surface area contributed by atoms with Crippen molar-refractivity contribution in [3.8, 4) is 0 Å². The summed E-state index contributed by atoms with van der Waals surface area (Å²) in [6.07, 6.45) is 1.67. The van der Waals surface area contributed by atoms with Gasteiger partial charge in [-0.3, -0.25) is 9.69 Å². The molecule has 0 saturated heterocycles. The number of methoxy groups -OCH3 is 1. The van der Waals surface area contributed by atoms with Gasteiger partial charge in [0.1, 0.15) is 16.5 Å². The first-order valence-electron chi connectivity index (χ1n) is 12.9.